The minimum atomic E-state index is -0.775. The molecule has 1 atom stereocenters. The van der Waals surface area contributed by atoms with Crippen LogP contribution in [-0.4, -0.2) is 37.2 Å². The monoisotopic (exact) mass is 1030 g/mol. The van der Waals surface area contributed by atoms with E-state index < -0.39 is 6.10 Å². The molecule has 74 heavy (non-hydrogen) atoms. The lowest BCUT2D eigenvalue weighted by Gasteiger charge is -2.18. The van der Waals surface area contributed by atoms with Gasteiger partial charge >= 0.3 is 17.9 Å². The highest BCUT2D eigenvalue weighted by molar-refractivity contribution is 5.71. The van der Waals surface area contributed by atoms with Crippen molar-refractivity contribution in [3.8, 4) is 0 Å². The highest BCUT2D eigenvalue weighted by Gasteiger charge is 2.19. The molecule has 0 aromatic heterocycles. The maximum atomic E-state index is 12.9. The number of rotatable bonds is 59. The summed E-state index contributed by atoms with van der Waals surface area (Å²) in [4.78, 5) is 38.3. The largest absolute Gasteiger partial charge is 0.462 e. The summed E-state index contributed by atoms with van der Waals surface area (Å²) in [7, 11) is 0. The zero-order valence-electron chi connectivity index (χ0n) is 49.4. The second kappa shape index (κ2) is 62.6. The smallest absolute Gasteiger partial charge is 0.306 e. The Morgan fingerprint density at radius 2 is 0.527 bits per heavy atom. The lowest BCUT2D eigenvalue weighted by atomic mass is 10.0. The number of hydrogen-bond acceptors (Lipinski definition) is 6. The lowest BCUT2D eigenvalue weighted by Crippen LogP contribution is -2.30. The highest BCUT2D eigenvalue weighted by atomic mass is 16.6. The third kappa shape index (κ3) is 60.0. The maximum absolute atomic E-state index is 12.9. The van der Waals surface area contributed by atoms with E-state index in [4.69, 9.17) is 14.2 Å². The van der Waals surface area contributed by atoms with Gasteiger partial charge in [0.25, 0.3) is 0 Å². The predicted molar refractivity (Wildman–Crippen MR) is 321 cm³/mol. The molecule has 0 fully saturated rings. The van der Waals surface area contributed by atoms with Crippen molar-refractivity contribution >= 4 is 17.9 Å². The van der Waals surface area contributed by atoms with Gasteiger partial charge in [-0.15, -0.1) is 0 Å². The summed E-state index contributed by atoms with van der Waals surface area (Å²) < 4.78 is 16.9. The van der Waals surface area contributed by atoms with E-state index in [1.807, 2.05) is 0 Å². The first kappa shape index (κ1) is 71.1. The average Bonchev–Trinajstić information content (AvgIpc) is 3.40. The summed E-state index contributed by atoms with van der Waals surface area (Å²) in [6, 6.07) is 0. The summed E-state index contributed by atoms with van der Waals surface area (Å²) in [5.74, 6) is -0.863. The fraction of sp³-hybridized carbons (Fsp3) is 0.809. The first-order valence-corrected chi connectivity index (χ1v) is 32.3. The molecule has 6 heteroatoms. The van der Waals surface area contributed by atoms with Gasteiger partial charge in [-0.25, -0.2) is 0 Å². The molecule has 0 aromatic carbocycles. The number of unbranched alkanes of at least 4 members (excludes halogenated alkanes) is 38. The van der Waals surface area contributed by atoms with Crippen molar-refractivity contribution in [1.82, 2.24) is 0 Å². The molecule has 0 aliphatic carbocycles. The van der Waals surface area contributed by atoms with Crippen molar-refractivity contribution in [1.29, 1.82) is 0 Å². The van der Waals surface area contributed by atoms with Crippen LogP contribution in [0.1, 0.15) is 335 Å². The van der Waals surface area contributed by atoms with Gasteiger partial charge in [-0.2, -0.15) is 0 Å². The molecule has 0 heterocycles. The van der Waals surface area contributed by atoms with Crippen LogP contribution < -0.4 is 0 Å². The van der Waals surface area contributed by atoms with Crippen LogP contribution in [0.3, 0.4) is 0 Å². The van der Waals surface area contributed by atoms with E-state index in [1.54, 1.807) is 0 Å². The van der Waals surface area contributed by atoms with Gasteiger partial charge in [0.15, 0.2) is 6.10 Å². The second-order valence-corrected chi connectivity index (χ2v) is 21.6. The van der Waals surface area contributed by atoms with Crippen LogP contribution in [0.15, 0.2) is 60.8 Å². The van der Waals surface area contributed by atoms with E-state index in [0.717, 1.165) is 89.9 Å². The van der Waals surface area contributed by atoms with Crippen LogP contribution in [0.5, 0.6) is 0 Å². The van der Waals surface area contributed by atoms with E-state index in [9.17, 15) is 14.4 Å². The van der Waals surface area contributed by atoms with Gasteiger partial charge in [-0.05, 0) is 83.5 Å². The topological polar surface area (TPSA) is 78.9 Å². The van der Waals surface area contributed by atoms with Crippen LogP contribution in [0, 0.1) is 0 Å². The van der Waals surface area contributed by atoms with Gasteiger partial charge < -0.3 is 14.2 Å². The SMILES string of the molecule is CC/C=C\C/C=C\C/C=C\C/C=C\CCCCCCCCCCCCCCCCC(=O)OCC(COC(=O)CCCCCCC/C=C\CCCCC)OC(=O)CCCCCCCCCCCCCCCCCCC. The van der Waals surface area contributed by atoms with Crippen molar-refractivity contribution < 1.29 is 28.6 Å². The number of hydrogen-bond donors (Lipinski definition) is 0. The summed E-state index contributed by atoms with van der Waals surface area (Å²) in [6.45, 7) is 6.54. The number of allylic oxidation sites excluding steroid dienone is 10. The summed E-state index contributed by atoms with van der Waals surface area (Å²) >= 11 is 0. The van der Waals surface area contributed by atoms with Gasteiger partial charge in [-0.1, -0.05) is 293 Å². The average molecular weight is 1040 g/mol. The number of esters is 3. The standard InChI is InChI=1S/C68H122O6/c1-4-7-10-13-16-19-22-25-27-29-30-31-32-33-34-35-36-37-38-40-41-43-46-49-52-55-58-61-67(70)73-64-65(63-72-66(69)60-57-54-51-48-45-24-21-18-15-12-9-6-3)74-68(71)62-59-56-53-50-47-44-42-39-28-26-23-20-17-14-11-8-5-2/h7,10,16,18-19,21,25,27,30-31,65H,4-6,8-9,11-15,17,20,22-24,26,28-29,32-64H2,1-3H3/b10-7-,19-16-,21-18-,27-25-,31-30-. The molecule has 0 amide bonds. The van der Waals surface area contributed by atoms with Crippen LogP contribution >= 0.6 is 0 Å². The second-order valence-electron chi connectivity index (χ2n) is 21.6. The fourth-order valence-corrected chi connectivity index (χ4v) is 9.43. The van der Waals surface area contributed by atoms with Crippen LogP contribution in [0.25, 0.3) is 0 Å². The Hall–Kier alpha value is -2.89. The molecule has 0 radical (unpaired) electrons. The zero-order chi connectivity index (χ0) is 53.6. The lowest BCUT2D eigenvalue weighted by molar-refractivity contribution is -0.167. The van der Waals surface area contributed by atoms with Crippen LogP contribution in [0.2, 0.25) is 0 Å². The number of ether oxygens (including phenoxy) is 3. The third-order valence-corrected chi connectivity index (χ3v) is 14.3. The maximum Gasteiger partial charge on any atom is 0.306 e. The number of carbonyl (C=O) groups excluding carboxylic acids is 3. The van der Waals surface area contributed by atoms with Crippen molar-refractivity contribution in [3.05, 3.63) is 60.8 Å². The predicted octanol–water partition coefficient (Wildman–Crippen LogP) is 21.9. The molecule has 0 saturated heterocycles. The fourth-order valence-electron chi connectivity index (χ4n) is 9.43. The molecule has 0 rings (SSSR count). The molecule has 0 aliphatic heterocycles. The van der Waals surface area contributed by atoms with Crippen molar-refractivity contribution in [2.24, 2.45) is 0 Å². The molecule has 0 bridgehead atoms. The summed E-state index contributed by atoms with van der Waals surface area (Å²) in [6.07, 6.45) is 79.5. The molecular formula is C68H122O6. The quantitative estimate of drug-likeness (QED) is 0.0261. The molecule has 0 aromatic rings. The van der Waals surface area contributed by atoms with Gasteiger partial charge in [0, 0.05) is 19.3 Å². The summed E-state index contributed by atoms with van der Waals surface area (Å²) in [5.41, 5.74) is 0. The van der Waals surface area contributed by atoms with E-state index in [-0.39, 0.29) is 31.1 Å². The molecule has 1 unspecified atom stereocenters. The Morgan fingerprint density at radius 3 is 0.865 bits per heavy atom. The van der Waals surface area contributed by atoms with E-state index >= 15 is 0 Å². The molecule has 0 N–H and O–H groups in total. The highest BCUT2D eigenvalue weighted by Crippen LogP contribution is 2.17. The normalized spacial score (nSPS) is 12.4. The Labute approximate surface area is 460 Å². The molecule has 0 aliphatic rings. The molecule has 0 saturated carbocycles. The van der Waals surface area contributed by atoms with E-state index in [1.165, 1.54) is 205 Å². The molecular weight excluding hydrogens is 913 g/mol. The molecule has 6 nitrogen and oxygen atoms in total. The van der Waals surface area contributed by atoms with E-state index in [0.29, 0.717) is 19.3 Å². The Morgan fingerprint density at radius 1 is 0.284 bits per heavy atom. The summed E-state index contributed by atoms with van der Waals surface area (Å²) in [5, 5.41) is 0. The van der Waals surface area contributed by atoms with Crippen LogP contribution in [0.4, 0.5) is 0 Å². The number of carbonyl (C=O) groups is 3. The Bertz CT molecular complexity index is 1330. The van der Waals surface area contributed by atoms with Crippen molar-refractivity contribution in [2.45, 2.75) is 341 Å². The molecule has 0 spiro atoms. The van der Waals surface area contributed by atoms with Crippen molar-refractivity contribution in [2.75, 3.05) is 13.2 Å². The Kier molecular flexibility index (Phi) is 60.2. The van der Waals surface area contributed by atoms with Gasteiger partial charge in [-0.3, -0.25) is 14.4 Å². The van der Waals surface area contributed by atoms with Gasteiger partial charge in [0.2, 0.25) is 0 Å². The van der Waals surface area contributed by atoms with Gasteiger partial charge in [0.1, 0.15) is 13.2 Å². The minimum absolute atomic E-state index is 0.0728. The zero-order valence-corrected chi connectivity index (χ0v) is 49.4. The Balaban J connectivity index is 4.22. The van der Waals surface area contributed by atoms with Gasteiger partial charge in [0.05, 0.1) is 0 Å². The molecule has 430 valence electrons. The van der Waals surface area contributed by atoms with E-state index in [2.05, 4.69) is 81.5 Å². The first-order chi connectivity index (χ1) is 36.5. The minimum Gasteiger partial charge on any atom is -0.462 e. The third-order valence-electron chi connectivity index (χ3n) is 14.3. The first-order valence-electron chi connectivity index (χ1n) is 32.3. The van der Waals surface area contributed by atoms with Crippen LogP contribution in [-0.2, 0) is 28.6 Å². The van der Waals surface area contributed by atoms with Crippen molar-refractivity contribution in [3.63, 3.8) is 0 Å².